The smallest absolute Gasteiger partial charge is 0.0523 e. The van der Waals surface area contributed by atoms with Crippen LogP contribution in [0.2, 0.25) is 0 Å². The van der Waals surface area contributed by atoms with Crippen molar-refractivity contribution < 1.29 is 0 Å². The zero-order chi connectivity index (χ0) is 11.6. The van der Waals surface area contributed by atoms with Crippen molar-refractivity contribution in [2.45, 2.75) is 44.9 Å². The van der Waals surface area contributed by atoms with Gasteiger partial charge >= 0.3 is 0 Å². The van der Waals surface area contributed by atoms with Gasteiger partial charge in [0.15, 0.2) is 0 Å². The van der Waals surface area contributed by atoms with Crippen LogP contribution in [0, 0.1) is 0 Å². The Kier molecular flexibility index (Phi) is 3.58. The third-order valence-corrected chi connectivity index (χ3v) is 4.31. The third-order valence-electron chi connectivity index (χ3n) is 3.65. The molecule has 1 nitrogen and oxygen atoms in total. The van der Waals surface area contributed by atoms with Gasteiger partial charge in [-0.15, -0.1) is 0 Å². The predicted molar refractivity (Wildman–Crippen MR) is 74.1 cm³/mol. The highest BCUT2D eigenvalue weighted by Crippen LogP contribution is 2.45. The topological polar surface area (TPSA) is 12.0 Å². The van der Waals surface area contributed by atoms with Crippen LogP contribution < -0.4 is 5.32 Å². The van der Waals surface area contributed by atoms with Crippen LogP contribution in [0.4, 0.5) is 5.69 Å². The molecule has 1 aliphatic rings. The van der Waals surface area contributed by atoms with Crippen LogP contribution in [0.5, 0.6) is 0 Å². The van der Waals surface area contributed by atoms with Crippen molar-refractivity contribution in [3.05, 3.63) is 28.2 Å². The molecule has 0 atom stereocenters. The van der Waals surface area contributed by atoms with Crippen LogP contribution >= 0.6 is 15.9 Å². The lowest BCUT2D eigenvalue weighted by atomic mass is 9.75. The van der Waals surface area contributed by atoms with Gasteiger partial charge in [0.25, 0.3) is 0 Å². The molecule has 1 aliphatic heterocycles. The summed E-state index contributed by atoms with van der Waals surface area (Å²) in [7, 11) is 0. The zero-order valence-corrected chi connectivity index (χ0v) is 11.7. The van der Waals surface area contributed by atoms with Gasteiger partial charge in [-0.3, -0.25) is 0 Å². The summed E-state index contributed by atoms with van der Waals surface area (Å²) in [5.41, 5.74) is 3.22. The Hall–Kier alpha value is -0.500. The van der Waals surface area contributed by atoms with E-state index in [2.05, 4.69) is 53.3 Å². The number of para-hydroxylation sites is 1. The van der Waals surface area contributed by atoms with Crippen LogP contribution in [0.15, 0.2) is 22.7 Å². The Balaban J connectivity index is 2.42. The average Bonchev–Trinajstić information content (AvgIpc) is 2.61. The minimum Gasteiger partial charge on any atom is -0.383 e. The van der Waals surface area contributed by atoms with Gasteiger partial charge in [-0.1, -0.05) is 38.8 Å². The molecule has 0 radical (unpaired) electrons. The molecule has 0 fully saturated rings. The molecule has 0 bridgehead atoms. The lowest BCUT2D eigenvalue weighted by molar-refractivity contribution is 0.391. The number of benzene rings is 1. The van der Waals surface area contributed by atoms with E-state index in [-0.39, 0.29) is 0 Å². The number of nitrogens with one attached hydrogen (secondary N) is 1. The first-order valence-corrected chi connectivity index (χ1v) is 7.05. The summed E-state index contributed by atoms with van der Waals surface area (Å²) < 4.78 is 1.21. The maximum atomic E-state index is 3.64. The number of anilines is 1. The molecule has 0 spiro atoms. The number of hydrogen-bond donors (Lipinski definition) is 1. The summed E-state index contributed by atoms with van der Waals surface area (Å²) in [6.07, 6.45) is 5.09. The fourth-order valence-electron chi connectivity index (χ4n) is 3.03. The van der Waals surface area contributed by atoms with E-state index in [0.29, 0.717) is 5.41 Å². The van der Waals surface area contributed by atoms with E-state index in [4.69, 9.17) is 0 Å². The first-order valence-electron chi connectivity index (χ1n) is 6.26. The van der Waals surface area contributed by atoms with Crippen molar-refractivity contribution in [3.8, 4) is 0 Å². The van der Waals surface area contributed by atoms with Crippen molar-refractivity contribution in [1.29, 1.82) is 0 Å². The van der Waals surface area contributed by atoms with Crippen molar-refractivity contribution in [2.24, 2.45) is 0 Å². The molecule has 1 N–H and O–H groups in total. The zero-order valence-electron chi connectivity index (χ0n) is 10.1. The maximum absolute atomic E-state index is 3.64. The van der Waals surface area contributed by atoms with Crippen molar-refractivity contribution >= 4 is 21.6 Å². The molecule has 2 rings (SSSR count). The first kappa shape index (κ1) is 12.0. The van der Waals surface area contributed by atoms with Gasteiger partial charge in [0.05, 0.1) is 5.69 Å². The van der Waals surface area contributed by atoms with Crippen molar-refractivity contribution in [2.75, 3.05) is 11.9 Å². The van der Waals surface area contributed by atoms with E-state index in [1.807, 2.05) is 0 Å². The Morgan fingerprint density at radius 2 is 1.94 bits per heavy atom. The van der Waals surface area contributed by atoms with Crippen molar-refractivity contribution in [1.82, 2.24) is 0 Å². The van der Waals surface area contributed by atoms with Crippen LogP contribution in [0.1, 0.15) is 45.1 Å². The molecule has 0 saturated carbocycles. The van der Waals surface area contributed by atoms with Gasteiger partial charge in [0, 0.05) is 16.4 Å². The molecule has 1 aromatic carbocycles. The van der Waals surface area contributed by atoms with Gasteiger partial charge in [0.2, 0.25) is 0 Å². The summed E-state index contributed by atoms with van der Waals surface area (Å²) in [5, 5.41) is 3.58. The molecule has 2 heteroatoms. The first-order chi connectivity index (χ1) is 7.73. The Bertz CT molecular complexity index is 367. The largest absolute Gasteiger partial charge is 0.383 e. The fourth-order valence-corrected chi connectivity index (χ4v) is 3.53. The normalized spacial score (nSPS) is 16.9. The Labute approximate surface area is 107 Å². The molecule has 0 unspecified atom stereocenters. The van der Waals surface area contributed by atoms with Crippen molar-refractivity contribution in [3.63, 3.8) is 0 Å². The van der Waals surface area contributed by atoms with Gasteiger partial charge in [-0.05, 0) is 40.4 Å². The van der Waals surface area contributed by atoms with Crippen LogP contribution in [-0.2, 0) is 5.41 Å². The van der Waals surface area contributed by atoms with Crippen LogP contribution in [0.3, 0.4) is 0 Å². The standard InChI is InChI=1S/C14H20BrN/c1-3-8-14(9-4-2)10-16-13-11(14)6-5-7-12(13)15/h5-7,16H,3-4,8-10H2,1-2H3. The van der Waals surface area contributed by atoms with E-state index in [1.54, 1.807) is 0 Å². The van der Waals surface area contributed by atoms with E-state index in [0.717, 1.165) is 6.54 Å². The Morgan fingerprint density at radius 3 is 2.56 bits per heavy atom. The van der Waals surface area contributed by atoms with Gasteiger partial charge < -0.3 is 5.32 Å². The van der Waals surface area contributed by atoms with E-state index in [1.165, 1.54) is 41.4 Å². The molecule has 1 aromatic rings. The van der Waals surface area contributed by atoms with Gasteiger partial charge in [-0.25, -0.2) is 0 Å². The second kappa shape index (κ2) is 4.79. The van der Waals surface area contributed by atoms with Gasteiger partial charge in [-0.2, -0.15) is 0 Å². The highest BCUT2D eigenvalue weighted by molar-refractivity contribution is 9.10. The third kappa shape index (κ3) is 1.88. The lowest BCUT2D eigenvalue weighted by Gasteiger charge is -2.28. The summed E-state index contributed by atoms with van der Waals surface area (Å²) in [4.78, 5) is 0. The number of fused-ring (bicyclic) bond motifs is 1. The number of hydrogen-bond acceptors (Lipinski definition) is 1. The average molecular weight is 282 g/mol. The van der Waals surface area contributed by atoms with E-state index in [9.17, 15) is 0 Å². The highest BCUT2D eigenvalue weighted by Gasteiger charge is 2.37. The molecule has 88 valence electrons. The van der Waals surface area contributed by atoms with E-state index >= 15 is 0 Å². The minimum atomic E-state index is 0.378. The van der Waals surface area contributed by atoms with Crippen LogP contribution in [0.25, 0.3) is 0 Å². The molecular weight excluding hydrogens is 262 g/mol. The molecule has 16 heavy (non-hydrogen) atoms. The SMILES string of the molecule is CCCC1(CCC)CNc2c(Br)cccc21. The molecule has 0 aromatic heterocycles. The monoisotopic (exact) mass is 281 g/mol. The maximum Gasteiger partial charge on any atom is 0.0523 e. The summed E-state index contributed by atoms with van der Waals surface area (Å²) >= 11 is 3.64. The quantitative estimate of drug-likeness (QED) is 0.843. The number of halogens is 1. The van der Waals surface area contributed by atoms with E-state index < -0.39 is 0 Å². The molecule has 1 heterocycles. The predicted octanol–water partition coefficient (Wildman–Crippen LogP) is 4.71. The van der Waals surface area contributed by atoms with Crippen LogP contribution in [-0.4, -0.2) is 6.54 Å². The lowest BCUT2D eigenvalue weighted by Crippen LogP contribution is -2.28. The molecule has 0 amide bonds. The molecule has 0 saturated heterocycles. The highest BCUT2D eigenvalue weighted by atomic mass is 79.9. The molecular formula is C14H20BrN. The molecule has 0 aliphatic carbocycles. The minimum absolute atomic E-state index is 0.378. The fraction of sp³-hybridized carbons (Fsp3) is 0.571. The summed E-state index contributed by atoms with van der Waals surface area (Å²) in [6, 6.07) is 6.58. The van der Waals surface area contributed by atoms with Gasteiger partial charge in [0.1, 0.15) is 0 Å². The second-order valence-electron chi connectivity index (χ2n) is 4.80. The summed E-state index contributed by atoms with van der Waals surface area (Å²) in [5.74, 6) is 0. The summed E-state index contributed by atoms with van der Waals surface area (Å²) in [6.45, 7) is 5.67. The number of rotatable bonds is 4. The Morgan fingerprint density at radius 1 is 1.25 bits per heavy atom. The second-order valence-corrected chi connectivity index (χ2v) is 5.65.